The first-order valence-electron chi connectivity index (χ1n) is 9.84. The molecule has 0 atom stereocenters. The highest BCUT2D eigenvalue weighted by atomic mass is 15.2. The van der Waals surface area contributed by atoms with Crippen molar-refractivity contribution in [2.75, 3.05) is 4.90 Å². The monoisotopic (exact) mass is 378 g/mol. The van der Waals surface area contributed by atoms with Gasteiger partial charge >= 0.3 is 0 Å². The molecular formula is C25H22N4. The van der Waals surface area contributed by atoms with Gasteiger partial charge in [0.15, 0.2) is 5.82 Å². The molecule has 0 bridgehead atoms. The molecule has 0 spiro atoms. The van der Waals surface area contributed by atoms with E-state index in [0.29, 0.717) is 0 Å². The molecule has 3 aromatic carbocycles. The van der Waals surface area contributed by atoms with Gasteiger partial charge < -0.3 is 9.88 Å². The average molecular weight is 378 g/mol. The van der Waals surface area contributed by atoms with Crippen molar-refractivity contribution < 1.29 is 0 Å². The molecule has 0 unspecified atom stereocenters. The Hall–Kier alpha value is -3.66. The van der Waals surface area contributed by atoms with E-state index in [9.17, 15) is 0 Å². The van der Waals surface area contributed by atoms with Crippen LogP contribution in [0, 0.1) is 6.92 Å². The van der Waals surface area contributed by atoms with E-state index in [1.54, 1.807) is 6.33 Å². The summed E-state index contributed by atoms with van der Waals surface area (Å²) in [6.07, 6.45) is 1.68. The molecule has 2 heterocycles. The molecule has 2 aromatic heterocycles. The van der Waals surface area contributed by atoms with Gasteiger partial charge in [-0.3, -0.25) is 0 Å². The molecule has 0 amide bonds. The summed E-state index contributed by atoms with van der Waals surface area (Å²) in [6.45, 7) is 3.66. The molecule has 5 rings (SSSR count). The number of hydrogen-bond donors (Lipinski definition) is 1. The van der Waals surface area contributed by atoms with Crippen molar-refractivity contribution >= 4 is 27.8 Å². The molecule has 0 aliphatic carbocycles. The van der Waals surface area contributed by atoms with E-state index in [-0.39, 0.29) is 0 Å². The molecular weight excluding hydrogens is 356 g/mol. The molecule has 5 aromatic rings. The summed E-state index contributed by atoms with van der Waals surface area (Å²) >= 11 is 0. The molecule has 29 heavy (non-hydrogen) atoms. The Morgan fingerprint density at radius 2 is 1.45 bits per heavy atom. The minimum absolute atomic E-state index is 0.774. The summed E-state index contributed by atoms with van der Waals surface area (Å²) in [5.41, 5.74) is 6.78. The lowest BCUT2D eigenvalue weighted by Crippen LogP contribution is -2.23. The van der Waals surface area contributed by atoms with Crippen LogP contribution in [0.15, 0.2) is 85.2 Å². The van der Waals surface area contributed by atoms with E-state index in [2.05, 4.69) is 88.5 Å². The highest BCUT2D eigenvalue weighted by molar-refractivity contribution is 6.08. The molecule has 142 valence electrons. The predicted octanol–water partition coefficient (Wildman–Crippen LogP) is 5.63. The molecule has 0 radical (unpaired) electrons. The van der Waals surface area contributed by atoms with E-state index in [4.69, 9.17) is 4.98 Å². The van der Waals surface area contributed by atoms with Crippen LogP contribution in [-0.4, -0.2) is 15.0 Å². The molecule has 0 aliphatic rings. The van der Waals surface area contributed by atoms with Crippen LogP contribution < -0.4 is 4.90 Å². The van der Waals surface area contributed by atoms with Crippen LogP contribution in [-0.2, 0) is 13.1 Å². The van der Waals surface area contributed by atoms with Crippen LogP contribution in [0.1, 0.15) is 16.7 Å². The summed E-state index contributed by atoms with van der Waals surface area (Å²) in [6, 6.07) is 27.5. The SMILES string of the molecule is Cc1ccc2[nH]c3c(N(Cc4ccccc4)Cc4ccccc4)ncnc3c2c1. The summed E-state index contributed by atoms with van der Waals surface area (Å²) in [5, 5.41) is 1.14. The molecule has 4 heteroatoms. The number of aromatic nitrogens is 3. The van der Waals surface area contributed by atoms with E-state index >= 15 is 0 Å². The number of nitrogens with one attached hydrogen (secondary N) is 1. The Balaban J connectivity index is 1.64. The molecule has 0 aliphatic heterocycles. The van der Waals surface area contributed by atoms with Gasteiger partial charge in [-0.1, -0.05) is 72.3 Å². The number of nitrogens with zero attached hydrogens (tertiary/aromatic N) is 3. The zero-order valence-electron chi connectivity index (χ0n) is 16.3. The summed E-state index contributed by atoms with van der Waals surface area (Å²) in [5.74, 6) is 0.927. The highest BCUT2D eigenvalue weighted by Crippen LogP contribution is 2.31. The first kappa shape index (κ1) is 17.4. The Labute approximate surface area is 169 Å². The van der Waals surface area contributed by atoms with Gasteiger partial charge in [0.05, 0.1) is 0 Å². The van der Waals surface area contributed by atoms with Gasteiger partial charge in [0.2, 0.25) is 0 Å². The van der Waals surface area contributed by atoms with Gasteiger partial charge in [-0.05, 0) is 30.2 Å². The van der Waals surface area contributed by atoms with Crippen molar-refractivity contribution in [3.63, 3.8) is 0 Å². The van der Waals surface area contributed by atoms with Gasteiger partial charge in [-0.15, -0.1) is 0 Å². The maximum atomic E-state index is 4.70. The number of hydrogen-bond acceptors (Lipinski definition) is 3. The Morgan fingerprint density at radius 3 is 2.10 bits per heavy atom. The van der Waals surface area contributed by atoms with E-state index in [1.165, 1.54) is 16.7 Å². The molecule has 0 saturated heterocycles. The summed E-state index contributed by atoms with van der Waals surface area (Å²) < 4.78 is 0. The molecule has 4 nitrogen and oxygen atoms in total. The fourth-order valence-corrected chi connectivity index (χ4v) is 3.85. The predicted molar refractivity (Wildman–Crippen MR) is 119 cm³/mol. The summed E-state index contributed by atoms with van der Waals surface area (Å²) in [4.78, 5) is 15.2. The van der Waals surface area contributed by atoms with E-state index < -0.39 is 0 Å². The van der Waals surface area contributed by atoms with Crippen LogP contribution in [0.2, 0.25) is 0 Å². The van der Waals surface area contributed by atoms with Gasteiger partial charge in [-0.25, -0.2) is 9.97 Å². The smallest absolute Gasteiger partial charge is 0.157 e. The van der Waals surface area contributed by atoms with E-state index in [1.807, 2.05) is 12.1 Å². The van der Waals surface area contributed by atoms with Crippen molar-refractivity contribution in [2.45, 2.75) is 20.0 Å². The number of rotatable bonds is 5. The highest BCUT2D eigenvalue weighted by Gasteiger charge is 2.17. The van der Waals surface area contributed by atoms with Crippen molar-refractivity contribution in [2.24, 2.45) is 0 Å². The van der Waals surface area contributed by atoms with Crippen molar-refractivity contribution in [1.82, 2.24) is 15.0 Å². The van der Waals surface area contributed by atoms with Crippen molar-refractivity contribution in [3.05, 3.63) is 102 Å². The Bertz CT molecular complexity index is 1220. The minimum atomic E-state index is 0.774. The largest absolute Gasteiger partial charge is 0.350 e. The lowest BCUT2D eigenvalue weighted by molar-refractivity contribution is 0.785. The number of aromatic amines is 1. The Kier molecular flexibility index (Phi) is 4.45. The zero-order valence-corrected chi connectivity index (χ0v) is 16.3. The first-order chi connectivity index (χ1) is 14.3. The second-order valence-electron chi connectivity index (χ2n) is 7.42. The fraction of sp³-hybridized carbons (Fsp3) is 0.120. The number of anilines is 1. The maximum absolute atomic E-state index is 4.70. The molecule has 0 saturated carbocycles. The summed E-state index contributed by atoms with van der Waals surface area (Å²) in [7, 11) is 0. The third-order valence-corrected chi connectivity index (χ3v) is 5.25. The maximum Gasteiger partial charge on any atom is 0.157 e. The number of benzene rings is 3. The van der Waals surface area contributed by atoms with Crippen molar-refractivity contribution in [1.29, 1.82) is 0 Å². The molecule has 0 fully saturated rings. The van der Waals surface area contributed by atoms with Crippen LogP contribution in [0.5, 0.6) is 0 Å². The quantitative estimate of drug-likeness (QED) is 0.431. The molecule has 1 N–H and O–H groups in total. The van der Waals surface area contributed by atoms with Gasteiger partial charge in [0.1, 0.15) is 17.4 Å². The van der Waals surface area contributed by atoms with Gasteiger partial charge in [0.25, 0.3) is 0 Å². The zero-order chi connectivity index (χ0) is 19.6. The van der Waals surface area contributed by atoms with Gasteiger partial charge in [-0.2, -0.15) is 0 Å². The second kappa shape index (κ2) is 7.40. The standard InChI is InChI=1S/C25H22N4/c1-18-12-13-22-21(14-18)23-24(28-22)25(27-17-26-23)29(15-19-8-4-2-5-9-19)16-20-10-6-3-7-11-20/h2-14,17,28H,15-16H2,1H3. The van der Waals surface area contributed by atoms with Gasteiger partial charge in [0, 0.05) is 24.0 Å². The number of H-pyrrole nitrogens is 1. The van der Waals surface area contributed by atoms with Crippen LogP contribution >= 0.6 is 0 Å². The third kappa shape index (κ3) is 3.45. The Morgan fingerprint density at radius 1 is 0.793 bits per heavy atom. The fourth-order valence-electron chi connectivity index (χ4n) is 3.85. The second-order valence-corrected chi connectivity index (χ2v) is 7.42. The van der Waals surface area contributed by atoms with E-state index in [0.717, 1.165) is 40.8 Å². The number of fused-ring (bicyclic) bond motifs is 3. The minimum Gasteiger partial charge on any atom is -0.350 e. The van der Waals surface area contributed by atoms with Crippen LogP contribution in [0.3, 0.4) is 0 Å². The normalized spacial score (nSPS) is 11.2. The lowest BCUT2D eigenvalue weighted by Gasteiger charge is -2.24. The average Bonchev–Trinajstić information content (AvgIpc) is 3.13. The number of aryl methyl sites for hydroxylation is 1. The third-order valence-electron chi connectivity index (χ3n) is 5.25. The lowest BCUT2D eigenvalue weighted by atomic mass is 10.1. The topological polar surface area (TPSA) is 44.8 Å². The van der Waals surface area contributed by atoms with Crippen molar-refractivity contribution in [3.8, 4) is 0 Å². The van der Waals surface area contributed by atoms with Crippen LogP contribution in [0.4, 0.5) is 5.82 Å². The van der Waals surface area contributed by atoms with Crippen LogP contribution in [0.25, 0.3) is 21.9 Å². The first-order valence-corrected chi connectivity index (χ1v) is 9.84.